The minimum atomic E-state index is -2.03. The van der Waals surface area contributed by atoms with E-state index in [2.05, 4.69) is 20.6 Å². The van der Waals surface area contributed by atoms with Gasteiger partial charge in [-0.2, -0.15) is 0 Å². The van der Waals surface area contributed by atoms with Gasteiger partial charge in [0, 0.05) is 18.8 Å². The molecule has 29 heavy (non-hydrogen) atoms. The van der Waals surface area contributed by atoms with Crippen LogP contribution in [0.15, 0.2) is 48.9 Å². The highest BCUT2D eigenvalue weighted by atomic mass is 16.6. The summed E-state index contributed by atoms with van der Waals surface area (Å²) in [6.07, 6.45) is 3.80. The molecule has 154 valence electrons. The highest BCUT2D eigenvalue weighted by Gasteiger charge is 2.27. The number of aromatic nitrogens is 2. The van der Waals surface area contributed by atoms with E-state index in [0.717, 1.165) is 5.56 Å². The van der Waals surface area contributed by atoms with Crippen molar-refractivity contribution in [2.24, 2.45) is 5.92 Å². The molecule has 9 nitrogen and oxygen atoms in total. The maximum absolute atomic E-state index is 12.9. The molecule has 1 heterocycles. The Morgan fingerprint density at radius 2 is 1.86 bits per heavy atom. The van der Waals surface area contributed by atoms with E-state index in [1.54, 1.807) is 0 Å². The molecule has 0 aliphatic carbocycles. The lowest BCUT2D eigenvalue weighted by Gasteiger charge is -2.25. The van der Waals surface area contributed by atoms with Crippen LogP contribution in [0.25, 0.3) is 0 Å². The van der Waals surface area contributed by atoms with E-state index in [1.165, 1.54) is 18.6 Å². The monoisotopic (exact) mass is 400 g/mol. The molecule has 2 rings (SSSR count). The van der Waals surface area contributed by atoms with Gasteiger partial charge in [-0.05, 0) is 17.9 Å². The summed E-state index contributed by atoms with van der Waals surface area (Å²) in [6, 6.07) is 8.28. The third kappa shape index (κ3) is 7.98. The SMILES string of the molecule is CC(C)C[C@H](NC(=O)[C@H](Cc1ccccc1)NC(=O)c1cnccn1)OB(O)O. The topological polar surface area (TPSA) is 134 Å². The second kappa shape index (κ2) is 11.3. The van der Waals surface area contributed by atoms with Crippen LogP contribution in [0.2, 0.25) is 0 Å². The standard InChI is InChI=1S/C19H25BN4O5/c1-13(2)10-17(29-20(27)28)24-18(25)15(11-14-6-4-3-5-7-14)23-19(26)16-12-21-8-9-22-16/h3-9,12-13,15,17,27-28H,10-11H2,1-2H3,(H,23,26)(H,24,25)/t15-,17+/m0/s1. The lowest BCUT2D eigenvalue weighted by Crippen LogP contribution is -2.52. The molecule has 0 saturated carbocycles. The Bertz CT molecular complexity index is 767. The van der Waals surface area contributed by atoms with Crippen molar-refractivity contribution in [3.05, 3.63) is 60.2 Å². The Morgan fingerprint density at radius 3 is 2.45 bits per heavy atom. The number of rotatable bonds is 10. The second-order valence-corrected chi connectivity index (χ2v) is 6.90. The molecule has 0 aliphatic rings. The predicted octanol–water partition coefficient (Wildman–Crippen LogP) is 0.292. The van der Waals surface area contributed by atoms with E-state index >= 15 is 0 Å². The average Bonchev–Trinajstić information content (AvgIpc) is 2.67. The molecule has 2 aromatic rings. The predicted molar refractivity (Wildman–Crippen MR) is 106 cm³/mol. The largest absolute Gasteiger partial charge is 0.635 e. The summed E-state index contributed by atoms with van der Waals surface area (Å²) in [7, 11) is -2.03. The third-order valence-electron chi connectivity index (χ3n) is 3.97. The number of nitrogens with one attached hydrogen (secondary N) is 2. The first kappa shape index (κ1) is 22.5. The van der Waals surface area contributed by atoms with Crippen LogP contribution < -0.4 is 10.6 Å². The molecule has 0 spiro atoms. The van der Waals surface area contributed by atoms with Gasteiger partial charge in [-0.1, -0.05) is 44.2 Å². The van der Waals surface area contributed by atoms with Crippen LogP contribution in [0.4, 0.5) is 0 Å². The summed E-state index contributed by atoms with van der Waals surface area (Å²) in [4.78, 5) is 33.2. The first-order valence-corrected chi connectivity index (χ1v) is 9.28. The Kier molecular flexibility index (Phi) is 8.72. The summed E-state index contributed by atoms with van der Waals surface area (Å²) in [5.41, 5.74) is 0.926. The lowest BCUT2D eigenvalue weighted by atomic mass is 10.0. The molecule has 0 bridgehead atoms. The zero-order chi connectivity index (χ0) is 21.2. The minimum Gasteiger partial charge on any atom is -0.402 e. The summed E-state index contributed by atoms with van der Waals surface area (Å²) >= 11 is 0. The van der Waals surface area contributed by atoms with Crippen molar-refractivity contribution in [3.63, 3.8) is 0 Å². The van der Waals surface area contributed by atoms with Crippen molar-refractivity contribution in [3.8, 4) is 0 Å². The zero-order valence-electron chi connectivity index (χ0n) is 16.4. The number of hydrogen-bond donors (Lipinski definition) is 4. The van der Waals surface area contributed by atoms with Crippen LogP contribution in [0.1, 0.15) is 36.3 Å². The van der Waals surface area contributed by atoms with Crippen molar-refractivity contribution >= 4 is 19.1 Å². The van der Waals surface area contributed by atoms with E-state index in [0.29, 0.717) is 6.42 Å². The highest BCUT2D eigenvalue weighted by Crippen LogP contribution is 2.09. The van der Waals surface area contributed by atoms with Gasteiger partial charge in [-0.3, -0.25) is 14.6 Å². The van der Waals surface area contributed by atoms with Crippen LogP contribution in [0.5, 0.6) is 0 Å². The van der Waals surface area contributed by atoms with Crippen molar-refractivity contribution in [2.75, 3.05) is 0 Å². The molecule has 1 aromatic heterocycles. The second-order valence-electron chi connectivity index (χ2n) is 6.90. The smallest absolute Gasteiger partial charge is 0.402 e. The Morgan fingerprint density at radius 1 is 1.14 bits per heavy atom. The number of carbonyl (C=O) groups is 2. The number of amides is 2. The van der Waals surface area contributed by atoms with Gasteiger partial charge in [-0.25, -0.2) is 4.98 Å². The van der Waals surface area contributed by atoms with E-state index in [-0.39, 0.29) is 18.0 Å². The fourth-order valence-corrected chi connectivity index (χ4v) is 2.69. The van der Waals surface area contributed by atoms with Crippen molar-refractivity contribution < 1.29 is 24.3 Å². The van der Waals surface area contributed by atoms with E-state index in [9.17, 15) is 9.59 Å². The summed E-state index contributed by atoms with van der Waals surface area (Å²) in [5, 5.41) is 23.5. The Hall–Kier alpha value is -2.82. The number of nitrogens with zero attached hydrogens (tertiary/aromatic N) is 2. The van der Waals surface area contributed by atoms with Crippen molar-refractivity contribution in [2.45, 2.75) is 39.0 Å². The normalized spacial score (nSPS) is 12.9. The quantitative estimate of drug-likeness (QED) is 0.333. The number of carbonyl (C=O) groups excluding carboxylic acids is 2. The van der Waals surface area contributed by atoms with Gasteiger partial charge in [0.15, 0.2) is 0 Å². The molecule has 2 atom stereocenters. The van der Waals surface area contributed by atoms with Crippen molar-refractivity contribution in [1.82, 2.24) is 20.6 Å². The van der Waals surface area contributed by atoms with Gasteiger partial charge in [-0.15, -0.1) is 0 Å². The fourth-order valence-electron chi connectivity index (χ4n) is 2.69. The average molecular weight is 400 g/mol. The molecular weight excluding hydrogens is 375 g/mol. The Labute approximate surface area is 169 Å². The highest BCUT2D eigenvalue weighted by molar-refractivity contribution is 6.32. The Balaban J connectivity index is 2.15. The number of benzene rings is 1. The first-order chi connectivity index (χ1) is 13.8. The zero-order valence-corrected chi connectivity index (χ0v) is 16.4. The van der Waals surface area contributed by atoms with Gasteiger partial charge in [0.25, 0.3) is 5.91 Å². The molecule has 0 unspecified atom stereocenters. The molecule has 2 amide bonds. The van der Waals surface area contributed by atoms with E-state index in [1.807, 2.05) is 44.2 Å². The first-order valence-electron chi connectivity index (χ1n) is 9.28. The van der Waals surface area contributed by atoms with E-state index in [4.69, 9.17) is 14.7 Å². The van der Waals surface area contributed by atoms with Gasteiger partial charge < -0.3 is 25.3 Å². The minimum absolute atomic E-state index is 0.0825. The summed E-state index contributed by atoms with van der Waals surface area (Å²) in [5.74, 6) is -0.934. The van der Waals surface area contributed by atoms with Crippen LogP contribution in [-0.2, 0) is 15.9 Å². The number of hydrogen-bond acceptors (Lipinski definition) is 7. The molecule has 0 aliphatic heterocycles. The maximum Gasteiger partial charge on any atom is 0.635 e. The van der Waals surface area contributed by atoms with Gasteiger partial charge in [0.2, 0.25) is 5.91 Å². The molecule has 1 aromatic carbocycles. The molecule has 0 fully saturated rings. The summed E-state index contributed by atoms with van der Waals surface area (Å²) in [6.45, 7) is 3.81. The molecule has 0 radical (unpaired) electrons. The van der Waals surface area contributed by atoms with Crippen LogP contribution in [0, 0.1) is 5.92 Å². The molecule has 10 heteroatoms. The molecule has 4 N–H and O–H groups in total. The van der Waals surface area contributed by atoms with Crippen LogP contribution in [-0.4, -0.2) is 51.4 Å². The molecular formula is C19H25BN4O5. The maximum atomic E-state index is 12.9. The molecule has 0 saturated heterocycles. The van der Waals surface area contributed by atoms with Gasteiger partial charge >= 0.3 is 7.32 Å². The third-order valence-corrected chi connectivity index (χ3v) is 3.97. The summed E-state index contributed by atoms with van der Waals surface area (Å²) < 4.78 is 4.97. The van der Waals surface area contributed by atoms with E-state index < -0.39 is 31.4 Å². The van der Waals surface area contributed by atoms with Gasteiger partial charge in [0.05, 0.1) is 6.20 Å². The lowest BCUT2D eigenvalue weighted by molar-refractivity contribution is -0.126. The van der Waals surface area contributed by atoms with Crippen LogP contribution in [0.3, 0.4) is 0 Å². The van der Waals surface area contributed by atoms with Crippen molar-refractivity contribution in [1.29, 1.82) is 0 Å². The fraction of sp³-hybridized carbons (Fsp3) is 0.368. The van der Waals surface area contributed by atoms with Crippen LogP contribution >= 0.6 is 0 Å². The van der Waals surface area contributed by atoms with Gasteiger partial charge in [0.1, 0.15) is 18.0 Å².